The molecule has 0 atom stereocenters. The molecule has 0 heterocycles. The molecular formula is C29H41BrO4S. The average Bonchev–Trinajstić information content (AvgIpc) is 2.89. The molecule has 2 aliphatic rings. The van der Waals surface area contributed by atoms with Crippen LogP contribution >= 0.6 is 27.7 Å². The second-order valence-electron chi connectivity index (χ2n) is 9.06. The number of halogens is 1. The summed E-state index contributed by atoms with van der Waals surface area (Å²) in [6, 6.07) is 8.18. The van der Waals surface area contributed by atoms with Crippen molar-refractivity contribution in [1.82, 2.24) is 0 Å². The molecule has 0 spiro atoms. The Morgan fingerprint density at radius 1 is 0.829 bits per heavy atom. The van der Waals surface area contributed by atoms with E-state index in [0.29, 0.717) is 29.5 Å². The van der Waals surface area contributed by atoms with Crippen molar-refractivity contribution in [3.8, 4) is 0 Å². The second kappa shape index (κ2) is 17.0. The lowest BCUT2D eigenvalue weighted by Crippen LogP contribution is -2.10. The second-order valence-corrected chi connectivity index (χ2v) is 10.8. The summed E-state index contributed by atoms with van der Waals surface area (Å²) in [6.45, 7) is 4.53. The highest BCUT2D eigenvalue weighted by atomic mass is 79.9. The molecule has 3 rings (SSSR count). The minimum atomic E-state index is -0.238. The van der Waals surface area contributed by atoms with Gasteiger partial charge in [0.1, 0.15) is 0 Å². The van der Waals surface area contributed by atoms with Crippen LogP contribution in [0.1, 0.15) is 83.6 Å². The molecule has 0 bridgehead atoms. The molecule has 0 aliphatic heterocycles. The van der Waals surface area contributed by atoms with E-state index in [9.17, 15) is 9.59 Å². The van der Waals surface area contributed by atoms with Gasteiger partial charge < -0.3 is 9.47 Å². The Hall–Kier alpha value is -1.53. The van der Waals surface area contributed by atoms with Crippen molar-refractivity contribution in [1.29, 1.82) is 0 Å². The molecule has 35 heavy (non-hydrogen) atoms. The van der Waals surface area contributed by atoms with Crippen molar-refractivity contribution in [3.05, 3.63) is 46.5 Å². The molecule has 6 heteroatoms. The fourth-order valence-electron chi connectivity index (χ4n) is 4.57. The molecule has 0 saturated heterocycles. The summed E-state index contributed by atoms with van der Waals surface area (Å²) in [6.07, 6.45) is 18.7. The summed E-state index contributed by atoms with van der Waals surface area (Å²) in [5.41, 5.74) is 1.70. The van der Waals surface area contributed by atoms with E-state index in [1.165, 1.54) is 69.1 Å². The van der Waals surface area contributed by atoms with Gasteiger partial charge in [-0.15, -0.1) is 11.8 Å². The van der Waals surface area contributed by atoms with Gasteiger partial charge in [0.2, 0.25) is 0 Å². The maximum Gasteiger partial charge on any atom is 0.344 e. The van der Waals surface area contributed by atoms with Crippen LogP contribution in [0.4, 0.5) is 0 Å². The van der Waals surface area contributed by atoms with Crippen LogP contribution in [0.15, 0.2) is 45.8 Å². The van der Waals surface area contributed by atoms with Gasteiger partial charge in [-0.3, -0.25) is 0 Å². The number of ether oxygens (including phenoxy) is 2. The number of rotatable bonds is 8. The van der Waals surface area contributed by atoms with Gasteiger partial charge >= 0.3 is 11.9 Å². The van der Waals surface area contributed by atoms with Gasteiger partial charge in [-0.25, -0.2) is 9.59 Å². The van der Waals surface area contributed by atoms with E-state index in [1.54, 1.807) is 11.8 Å². The molecular weight excluding hydrogens is 524 g/mol. The highest BCUT2D eigenvalue weighted by Crippen LogP contribution is 2.30. The first-order valence-corrected chi connectivity index (χ1v) is 15.1. The molecule has 0 unspecified atom stereocenters. The third-order valence-electron chi connectivity index (χ3n) is 6.45. The van der Waals surface area contributed by atoms with Crippen molar-refractivity contribution in [2.75, 3.05) is 19.5 Å². The molecule has 0 N–H and O–H groups in total. The van der Waals surface area contributed by atoms with Crippen LogP contribution in [-0.2, 0) is 19.1 Å². The van der Waals surface area contributed by atoms with Crippen LogP contribution in [0.25, 0.3) is 5.57 Å². The minimum absolute atomic E-state index is 0.194. The highest BCUT2D eigenvalue weighted by Gasteiger charge is 2.18. The summed E-state index contributed by atoms with van der Waals surface area (Å²) < 4.78 is 10.7. The lowest BCUT2D eigenvalue weighted by Gasteiger charge is -2.19. The van der Waals surface area contributed by atoms with Crippen molar-refractivity contribution in [2.45, 2.75) is 83.0 Å². The minimum Gasteiger partial charge on any atom is -0.462 e. The van der Waals surface area contributed by atoms with Crippen molar-refractivity contribution in [3.63, 3.8) is 0 Å². The Kier molecular flexibility index (Phi) is 14.4. The Labute approximate surface area is 224 Å². The van der Waals surface area contributed by atoms with Crippen LogP contribution in [0, 0.1) is 11.8 Å². The van der Waals surface area contributed by atoms with E-state index in [-0.39, 0.29) is 11.9 Å². The molecule has 0 amide bonds. The van der Waals surface area contributed by atoms with Gasteiger partial charge in [0.05, 0.1) is 23.3 Å². The lowest BCUT2D eigenvalue weighted by molar-refractivity contribution is -0.138. The molecule has 2 fully saturated rings. The first-order valence-electron chi connectivity index (χ1n) is 13.1. The van der Waals surface area contributed by atoms with Crippen LogP contribution in [0.3, 0.4) is 0 Å². The summed E-state index contributed by atoms with van der Waals surface area (Å²) >= 11 is 4.97. The number of esters is 2. The molecule has 2 aliphatic carbocycles. The first-order chi connectivity index (χ1) is 17.0. The van der Waals surface area contributed by atoms with Crippen LogP contribution < -0.4 is 0 Å². The highest BCUT2D eigenvalue weighted by molar-refractivity contribution is 9.12. The van der Waals surface area contributed by atoms with Crippen LogP contribution in [-0.4, -0.2) is 31.4 Å². The zero-order valence-corrected chi connectivity index (χ0v) is 23.9. The molecule has 1 aromatic carbocycles. The monoisotopic (exact) mass is 564 g/mol. The summed E-state index contributed by atoms with van der Waals surface area (Å²) in [5, 5.41) is 0. The summed E-state index contributed by atoms with van der Waals surface area (Å²) in [7, 11) is 0. The van der Waals surface area contributed by atoms with E-state index >= 15 is 0 Å². The molecule has 0 aromatic heterocycles. The predicted octanol–water partition coefficient (Wildman–Crippen LogP) is 8.34. The third-order valence-corrected chi connectivity index (χ3v) is 7.78. The summed E-state index contributed by atoms with van der Waals surface area (Å²) in [5.74, 6) is 0.638. The Morgan fingerprint density at radius 2 is 1.31 bits per heavy atom. The van der Waals surface area contributed by atoms with E-state index in [4.69, 9.17) is 9.47 Å². The number of carbonyl (C=O) groups is 2. The number of thioether (sulfide) groups is 1. The van der Waals surface area contributed by atoms with Gasteiger partial charge in [0.15, 0.2) is 0 Å². The normalized spacial score (nSPS) is 17.8. The molecule has 4 nitrogen and oxygen atoms in total. The van der Waals surface area contributed by atoms with E-state index in [2.05, 4.69) is 40.4 Å². The van der Waals surface area contributed by atoms with E-state index in [0.717, 1.165) is 11.1 Å². The zero-order chi connectivity index (χ0) is 25.5. The molecule has 194 valence electrons. The fourth-order valence-corrected chi connectivity index (χ4v) is 5.47. The smallest absolute Gasteiger partial charge is 0.344 e. The molecule has 2 saturated carbocycles. The van der Waals surface area contributed by atoms with Gasteiger partial charge in [0.25, 0.3) is 0 Å². The molecule has 1 aromatic rings. The van der Waals surface area contributed by atoms with Gasteiger partial charge in [-0.2, -0.15) is 0 Å². The van der Waals surface area contributed by atoms with Gasteiger partial charge in [-0.1, -0.05) is 62.8 Å². The van der Waals surface area contributed by atoms with Gasteiger partial charge in [-0.05, 0) is 91.2 Å². The fraction of sp³-hybridized carbons (Fsp3) is 0.586. The first kappa shape index (κ1) is 29.7. The summed E-state index contributed by atoms with van der Waals surface area (Å²) in [4.78, 5) is 24.8. The zero-order valence-electron chi connectivity index (χ0n) is 21.5. The average molecular weight is 566 g/mol. The predicted molar refractivity (Wildman–Crippen MR) is 150 cm³/mol. The number of carbonyl (C=O) groups excluding carboxylic acids is 2. The standard InChI is InChI=1S/C18H24O2S.C11H17BrO2/c1-3-20-18(19)17(13-14-7-5-4-6-8-14)15-9-11-16(21-2)12-10-15;1-2-14-11(13)10(12)8-9-6-4-3-5-7-9/h9-14H,3-8H2,1-2H3;8-9H,2-7H2,1H3/b17-13+;10-8-. The van der Waals surface area contributed by atoms with Crippen molar-refractivity contribution in [2.24, 2.45) is 11.8 Å². The van der Waals surface area contributed by atoms with Crippen LogP contribution in [0.2, 0.25) is 0 Å². The lowest BCUT2D eigenvalue weighted by atomic mass is 9.87. The third kappa shape index (κ3) is 10.9. The Balaban J connectivity index is 0.000000269. The van der Waals surface area contributed by atoms with E-state index < -0.39 is 0 Å². The number of hydrogen-bond donors (Lipinski definition) is 0. The largest absolute Gasteiger partial charge is 0.462 e. The topological polar surface area (TPSA) is 52.6 Å². The van der Waals surface area contributed by atoms with Crippen molar-refractivity contribution >= 4 is 45.2 Å². The Bertz CT molecular complexity index is 835. The number of benzene rings is 1. The maximum atomic E-state index is 12.3. The van der Waals surface area contributed by atoms with Crippen molar-refractivity contribution < 1.29 is 19.1 Å². The molecule has 0 radical (unpaired) electrons. The Morgan fingerprint density at radius 3 is 1.80 bits per heavy atom. The number of hydrogen-bond acceptors (Lipinski definition) is 5. The quantitative estimate of drug-likeness (QED) is 0.180. The number of allylic oxidation sites excluding steroid dienone is 2. The van der Waals surface area contributed by atoms with Crippen LogP contribution in [0.5, 0.6) is 0 Å². The maximum absolute atomic E-state index is 12.3. The van der Waals surface area contributed by atoms with Gasteiger partial charge in [0, 0.05) is 4.90 Å². The SMILES string of the molecule is CCOC(=O)/C(=C/C1CCCCC1)c1ccc(SC)cc1.CCOC(=O)/C(Br)=C/C1CCCCC1. The van der Waals surface area contributed by atoms with E-state index in [1.807, 2.05) is 32.1 Å².